The number of ketones is 1. The molecule has 1 aliphatic carbocycles. The summed E-state index contributed by atoms with van der Waals surface area (Å²) in [5.74, 6) is -0.217. The van der Waals surface area contributed by atoms with Crippen LogP contribution in [0.1, 0.15) is 44.3 Å². The third-order valence-corrected chi connectivity index (χ3v) is 7.63. The Morgan fingerprint density at radius 2 is 1.89 bits per heavy atom. The lowest BCUT2D eigenvalue weighted by Crippen LogP contribution is -2.33. The highest BCUT2D eigenvalue weighted by Gasteiger charge is 2.62. The fourth-order valence-electron chi connectivity index (χ4n) is 5.57. The fourth-order valence-corrected chi connectivity index (χ4v) is 6.52. The van der Waals surface area contributed by atoms with Crippen LogP contribution < -0.4 is 0 Å². The third kappa shape index (κ3) is 2.28. The normalized spacial score (nSPS) is 30.8. The van der Waals surface area contributed by atoms with Gasteiger partial charge in [0.05, 0.1) is 29.6 Å². The number of thiophene rings is 1. The first-order valence-electron chi connectivity index (χ1n) is 9.61. The van der Waals surface area contributed by atoms with Gasteiger partial charge in [0.2, 0.25) is 0 Å². The first kappa shape index (κ1) is 17.7. The third-order valence-electron chi connectivity index (χ3n) is 6.51. The van der Waals surface area contributed by atoms with E-state index in [0.29, 0.717) is 10.5 Å². The van der Waals surface area contributed by atoms with E-state index in [4.69, 9.17) is 10.00 Å². The van der Waals surface area contributed by atoms with Crippen LogP contribution in [0.4, 0.5) is 0 Å². The van der Waals surface area contributed by atoms with Crippen LogP contribution in [0.15, 0.2) is 30.0 Å². The molecule has 1 aromatic heterocycles. The summed E-state index contributed by atoms with van der Waals surface area (Å²) in [6.45, 7) is 6.04. The Labute approximate surface area is 168 Å². The Hall–Kier alpha value is -2.42. The number of nitrogens with zero attached hydrogens (tertiary/aromatic N) is 1. The van der Waals surface area contributed by atoms with E-state index in [0.717, 1.165) is 33.6 Å². The number of ether oxygens (including phenoxy) is 1. The van der Waals surface area contributed by atoms with Crippen molar-refractivity contribution in [2.24, 2.45) is 11.8 Å². The second kappa shape index (κ2) is 6.04. The number of hydrogen-bond donors (Lipinski definition) is 1. The van der Waals surface area contributed by atoms with Crippen LogP contribution in [0.2, 0.25) is 0 Å². The van der Waals surface area contributed by atoms with Crippen LogP contribution in [0, 0.1) is 43.9 Å². The number of hydrogen-bond acceptors (Lipinski definition) is 5. The molecule has 0 spiro atoms. The Morgan fingerprint density at radius 1 is 1.18 bits per heavy atom. The molecule has 1 N–H and O–H groups in total. The molecular weight excluding hydrogens is 370 g/mol. The fraction of sp³-hybridized carbons (Fsp3) is 0.391. The average Bonchev–Trinajstić information content (AvgIpc) is 3.39. The van der Waals surface area contributed by atoms with Gasteiger partial charge in [0.1, 0.15) is 16.7 Å². The van der Waals surface area contributed by atoms with Gasteiger partial charge in [0.15, 0.2) is 5.78 Å². The smallest absolute Gasteiger partial charge is 0.173 e. The van der Waals surface area contributed by atoms with Gasteiger partial charge in [0.25, 0.3) is 0 Å². The van der Waals surface area contributed by atoms with Crippen molar-refractivity contribution in [3.05, 3.63) is 62.0 Å². The molecule has 5 rings (SSSR count). The minimum absolute atomic E-state index is 0.0207. The maximum Gasteiger partial charge on any atom is 0.173 e. The Kier molecular flexibility index (Phi) is 3.81. The zero-order valence-corrected chi connectivity index (χ0v) is 16.8. The van der Waals surface area contributed by atoms with Crippen LogP contribution in [0.5, 0.6) is 0 Å². The molecule has 0 amide bonds. The molecule has 142 valence electrons. The lowest BCUT2D eigenvalue weighted by molar-refractivity contribution is -0.118. The second-order valence-corrected chi connectivity index (χ2v) is 9.36. The van der Waals surface area contributed by atoms with Crippen molar-refractivity contribution in [2.75, 3.05) is 0 Å². The number of fused-ring (bicyclic) bond motifs is 5. The minimum atomic E-state index is -0.285. The van der Waals surface area contributed by atoms with Crippen molar-refractivity contribution in [2.45, 2.75) is 45.3 Å². The monoisotopic (exact) mass is 391 g/mol. The molecular formula is C23H21NO3S. The predicted octanol–water partition coefficient (Wildman–Crippen LogP) is 4.58. The molecule has 28 heavy (non-hydrogen) atoms. The highest BCUT2D eigenvalue weighted by molar-refractivity contribution is 7.12. The molecule has 2 aliphatic heterocycles. The van der Waals surface area contributed by atoms with E-state index in [1.807, 2.05) is 32.9 Å². The van der Waals surface area contributed by atoms with Gasteiger partial charge in [-0.25, -0.2) is 0 Å². The highest BCUT2D eigenvalue weighted by Crippen LogP contribution is 2.58. The first-order chi connectivity index (χ1) is 13.4. The number of Topliss-reactive ketones (excluding diaryl/α,β-unsaturated/α-hetero) is 1. The Balaban J connectivity index is 1.57. The van der Waals surface area contributed by atoms with Gasteiger partial charge in [-0.05, 0) is 56.0 Å². The molecule has 4 nitrogen and oxygen atoms in total. The summed E-state index contributed by atoms with van der Waals surface area (Å²) < 4.78 is 6.16. The largest absolute Gasteiger partial charge is 0.511 e. The number of carbonyl (C=O) groups excluding carboxylic acids is 1. The Bertz CT molecular complexity index is 1070. The zero-order valence-electron chi connectivity index (χ0n) is 16.0. The SMILES string of the molecule is Cc1cc(C)c(C2=C(O)[C@@H]3C4OC(CC4c4ccc(C#N)s4)[C@@H]3C2=O)c(C)c1. The van der Waals surface area contributed by atoms with E-state index in [2.05, 4.69) is 18.2 Å². The topological polar surface area (TPSA) is 70.3 Å². The van der Waals surface area contributed by atoms with Crippen molar-refractivity contribution >= 4 is 22.7 Å². The highest BCUT2D eigenvalue weighted by atomic mass is 32.1. The molecule has 3 heterocycles. The van der Waals surface area contributed by atoms with Gasteiger partial charge in [-0.1, -0.05) is 17.7 Å². The minimum Gasteiger partial charge on any atom is -0.511 e. The summed E-state index contributed by atoms with van der Waals surface area (Å²) in [6, 6.07) is 10.1. The van der Waals surface area contributed by atoms with Crippen LogP contribution in [-0.4, -0.2) is 23.1 Å². The summed E-state index contributed by atoms with van der Waals surface area (Å²) >= 11 is 1.49. The summed E-state index contributed by atoms with van der Waals surface area (Å²) in [6.07, 6.45) is 0.411. The van der Waals surface area contributed by atoms with E-state index in [1.165, 1.54) is 11.3 Å². The van der Waals surface area contributed by atoms with Crippen molar-refractivity contribution < 1.29 is 14.6 Å². The lowest BCUT2D eigenvalue weighted by atomic mass is 9.74. The van der Waals surface area contributed by atoms with Gasteiger partial charge >= 0.3 is 0 Å². The van der Waals surface area contributed by atoms with Gasteiger partial charge in [-0.3, -0.25) is 4.79 Å². The standard InChI is InChI=1S/C23H21NO3S/c1-10-6-11(2)17(12(3)7-10)19-21(25)18-15-8-14(16-5-4-13(9-24)28-16)23(27-15)20(18)22(19)26/h4-7,14-15,18,20,23,26H,8H2,1-3H3/t14?,15?,18-,20+,23?/m0/s1. The van der Waals surface area contributed by atoms with Gasteiger partial charge in [-0.15, -0.1) is 11.3 Å². The first-order valence-corrected chi connectivity index (χ1v) is 10.4. The summed E-state index contributed by atoms with van der Waals surface area (Å²) in [5.41, 5.74) is 4.57. The van der Waals surface area contributed by atoms with Crippen LogP contribution in [0.25, 0.3) is 5.57 Å². The molecule has 1 aromatic carbocycles. The van der Waals surface area contributed by atoms with Crippen molar-refractivity contribution in [3.8, 4) is 6.07 Å². The van der Waals surface area contributed by atoms with Gasteiger partial charge < -0.3 is 9.84 Å². The number of aryl methyl sites for hydroxylation is 3. The number of aliphatic hydroxyl groups is 1. The molecule has 0 saturated carbocycles. The molecule has 0 radical (unpaired) electrons. The summed E-state index contributed by atoms with van der Waals surface area (Å²) in [4.78, 5) is 15.1. The maximum atomic E-state index is 13.3. The average molecular weight is 391 g/mol. The number of allylic oxidation sites excluding steroid dienone is 1. The summed E-state index contributed by atoms with van der Waals surface area (Å²) in [5, 5.41) is 20.3. The number of carbonyl (C=O) groups is 1. The van der Waals surface area contributed by atoms with Crippen LogP contribution >= 0.6 is 11.3 Å². The number of benzene rings is 1. The van der Waals surface area contributed by atoms with Gasteiger partial charge in [-0.2, -0.15) is 5.26 Å². The maximum absolute atomic E-state index is 13.3. The van der Waals surface area contributed by atoms with E-state index < -0.39 is 0 Å². The zero-order chi connectivity index (χ0) is 19.7. The molecule has 3 unspecified atom stereocenters. The van der Waals surface area contributed by atoms with E-state index in [9.17, 15) is 9.90 Å². The molecule has 2 fully saturated rings. The van der Waals surface area contributed by atoms with Gasteiger partial charge in [0, 0.05) is 10.8 Å². The predicted molar refractivity (Wildman–Crippen MR) is 107 cm³/mol. The number of aliphatic hydroxyl groups excluding tert-OH is 1. The second-order valence-electron chi connectivity index (χ2n) is 8.24. The quantitative estimate of drug-likeness (QED) is 0.813. The van der Waals surface area contributed by atoms with Crippen LogP contribution in [-0.2, 0) is 9.53 Å². The van der Waals surface area contributed by atoms with Crippen molar-refractivity contribution in [1.82, 2.24) is 0 Å². The molecule has 2 saturated heterocycles. The number of rotatable bonds is 2. The lowest BCUT2D eigenvalue weighted by Gasteiger charge is -2.26. The Morgan fingerprint density at radius 3 is 2.54 bits per heavy atom. The molecule has 5 atom stereocenters. The van der Waals surface area contributed by atoms with E-state index in [1.54, 1.807) is 0 Å². The molecule has 3 aliphatic rings. The van der Waals surface area contributed by atoms with Crippen molar-refractivity contribution in [3.63, 3.8) is 0 Å². The number of nitriles is 1. The van der Waals surface area contributed by atoms with E-state index in [-0.39, 0.29) is 41.5 Å². The van der Waals surface area contributed by atoms with Crippen LogP contribution in [0.3, 0.4) is 0 Å². The van der Waals surface area contributed by atoms with E-state index >= 15 is 0 Å². The molecule has 5 heteroatoms. The molecule has 2 bridgehead atoms. The summed E-state index contributed by atoms with van der Waals surface area (Å²) in [7, 11) is 0. The van der Waals surface area contributed by atoms with Crippen molar-refractivity contribution in [1.29, 1.82) is 5.26 Å². The molecule has 2 aromatic rings.